The number of nitrogens with one attached hydrogen (secondary N) is 1. The molecule has 8 heteroatoms. The number of carbonyl (C=O) groups is 1. The Morgan fingerprint density at radius 2 is 1.71 bits per heavy atom. The first kappa shape index (κ1) is 20.2. The lowest BCUT2D eigenvalue weighted by Crippen LogP contribution is -2.31. The van der Waals surface area contributed by atoms with Gasteiger partial charge in [-0.1, -0.05) is 19.9 Å². The van der Waals surface area contributed by atoms with E-state index < -0.39 is 10.0 Å². The van der Waals surface area contributed by atoms with Crippen LogP contribution in [0.25, 0.3) is 0 Å². The molecule has 1 aliphatic rings. The van der Waals surface area contributed by atoms with Crippen LogP contribution in [-0.4, -0.2) is 44.9 Å². The van der Waals surface area contributed by atoms with Crippen molar-refractivity contribution in [3.8, 4) is 11.5 Å². The van der Waals surface area contributed by atoms with Gasteiger partial charge in [-0.25, -0.2) is 8.42 Å². The molecule has 2 aromatic rings. The highest BCUT2D eigenvalue weighted by Crippen LogP contribution is 2.31. The highest BCUT2D eigenvalue weighted by Gasteiger charge is 2.24. The first-order valence-corrected chi connectivity index (χ1v) is 10.6. The highest BCUT2D eigenvalue weighted by molar-refractivity contribution is 7.89. The lowest BCUT2D eigenvalue weighted by molar-refractivity contribution is 0.102. The third-order valence-electron chi connectivity index (χ3n) is 4.57. The number of hydrogen-bond donors (Lipinski definition) is 1. The average Bonchev–Trinajstić information content (AvgIpc) is 2.69. The quantitative estimate of drug-likeness (QED) is 0.800. The van der Waals surface area contributed by atoms with Gasteiger partial charge in [-0.15, -0.1) is 0 Å². The first-order valence-electron chi connectivity index (χ1n) is 9.18. The van der Waals surface area contributed by atoms with E-state index >= 15 is 0 Å². The third-order valence-corrected chi connectivity index (χ3v) is 6.77. The Labute approximate surface area is 165 Å². The van der Waals surface area contributed by atoms with Gasteiger partial charge in [-0.2, -0.15) is 4.31 Å². The molecule has 1 N–H and O–H groups in total. The molecule has 7 nitrogen and oxygen atoms in total. The van der Waals surface area contributed by atoms with Crippen molar-refractivity contribution in [2.24, 2.45) is 0 Å². The minimum Gasteiger partial charge on any atom is -0.486 e. The Bertz CT molecular complexity index is 984. The minimum absolute atomic E-state index is 0.191. The zero-order valence-corrected chi connectivity index (χ0v) is 17.0. The number of hydrogen-bond acceptors (Lipinski definition) is 5. The topological polar surface area (TPSA) is 84.9 Å². The van der Waals surface area contributed by atoms with E-state index in [0.717, 1.165) is 0 Å². The summed E-state index contributed by atoms with van der Waals surface area (Å²) < 4.78 is 38.1. The molecule has 0 bridgehead atoms. The van der Waals surface area contributed by atoms with Crippen molar-refractivity contribution in [3.63, 3.8) is 0 Å². The van der Waals surface area contributed by atoms with Crippen molar-refractivity contribution in [2.45, 2.75) is 25.7 Å². The summed E-state index contributed by atoms with van der Waals surface area (Å²) in [5.41, 5.74) is 1.44. The second-order valence-electron chi connectivity index (χ2n) is 6.38. The molecule has 2 aromatic carbocycles. The average molecular weight is 404 g/mol. The summed E-state index contributed by atoms with van der Waals surface area (Å²) in [6, 6.07) is 9.83. The Kier molecular flexibility index (Phi) is 5.90. The first-order chi connectivity index (χ1) is 13.4. The smallest absolute Gasteiger partial charge is 0.255 e. The van der Waals surface area contributed by atoms with Gasteiger partial charge in [0.25, 0.3) is 5.91 Å². The maximum absolute atomic E-state index is 12.9. The van der Waals surface area contributed by atoms with Gasteiger partial charge in [0.05, 0.1) is 4.90 Å². The second-order valence-corrected chi connectivity index (χ2v) is 8.29. The summed E-state index contributed by atoms with van der Waals surface area (Å²) in [5, 5.41) is 2.76. The molecular weight excluding hydrogens is 380 g/mol. The molecule has 0 aliphatic carbocycles. The van der Waals surface area contributed by atoms with E-state index in [9.17, 15) is 13.2 Å². The molecule has 0 spiro atoms. The summed E-state index contributed by atoms with van der Waals surface area (Å²) in [7, 11) is -3.62. The van der Waals surface area contributed by atoms with Gasteiger partial charge in [0.1, 0.15) is 13.2 Å². The molecule has 150 valence electrons. The van der Waals surface area contributed by atoms with Crippen LogP contribution in [0.1, 0.15) is 29.8 Å². The summed E-state index contributed by atoms with van der Waals surface area (Å²) in [5.74, 6) is 0.769. The third kappa shape index (κ3) is 3.98. The number of sulfonamides is 1. The molecule has 0 saturated heterocycles. The SMILES string of the molecule is CCN(CC)S(=O)(=O)c1cc(NC(=O)c2ccc3c(c2)OCCO3)ccc1C. The number of ether oxygens (including phenoxy) is 2. The Morgan fingerprint density at radius 3 is 2.39 bits per heavy atom. The van der Waals surface area contributed by atoms with Crippen molar-refractivity contribution in [1.82, 2.24) is 4.31 Å². The summed E-state index contributed by atoms with van der Waals surface area (Å²) >= 11 is 0. The van der Waals surface area contributed by atoms with Gasteiger partial charge in [0.2, 0.25) is 10.0 Å². The van der Waals surface area contributed by atoms with Gasteiger partial charge in [0.15, 0.2) is 11.5 Å². The number of carbonyl (C=O) groups excluding carboxylic acids is 1. The minimum atomic E-state index is -3.62. The normalized spacial score (nSPS) is 13.4. The molecule has 1 heterocycles. The highest BCUT2D eigenvalue weighted by atomic mass is 32.2. The molecule has 0 fully saturated rings. The van der Waals surface area contributed by atoms with Crippen LogP contribution >= 0.6 is 0 Å². The largest absolute Gasteiger partial charge is 0.486 e. The van der Waals surface area contributed by atoms with E-state index in [-0.39, 0.29) is 10.8 Å². The number of fused-ring (bicyclic) bond motifs is 1. The number of nitrogens with zero attached hydrogens (tertiary/aromatic N) is 1. The van der Waals surface area contributed by atoms with Crippen molar-refractivity contribution >= 4 is 21.6 Å². The lowest BCUT2D eigenvalue weighted by atomic mass is 10.1. The molecule has 1 amide bonds. The zero-order valence-electron chi connectivity index (χ0n) is 16.2. The number of anilines is 1. The van der Waals surface area contributed by atoms with Gasteiger partial charge in [-0.05, 0) is 42.8 Å². The van der Waals surface area contributed by atoms with Crippen LogP contribution in [0.15, 0.2) is 41.3 Å². The van der Waals surface area contributed by atoms with Gasteiger partial charge in [0, 0.05) is 24.3 Å². The lowest BCUT2D eigenvalue weighted by Gasteiger charge is -2.20. The zero-order chi connectivity index (χ0) is 20.3. The standard InChI is InChI=1S/C20H24N2O5S/c1-4-22(5-2)28(24,25)19-13-16(8-6-14(19)3)21-20(23)15-7-9-17-18(12-15)27-11-10-26-17/h6-9,12-13H,4-5,10-11H2,1-3H3,(H,21,23). The van der Waals surface area contributed by atoms with Crippen LogP contribution in [0.4, 0.5) is 5.69 Å². The van der Waals surface area contributed by atoms with Crippen molar-refractivity contribution in [1.29, 1.82) is 0 Å². The molecule has 0 saturated carbocycles. The molecule has 0 unspecified atom stereocenters. The van der Waals surface area contributed by atoms with Crippen molar-refractivity contribution in [3.05, 3.63) is 47.5 Å². The van der Waals surface area contributed by atoms with Crippen molar-refractivity contribution in [2.75, 3.05) is 31.6 Å². The monoisotopic (exact) mass is 404 g/mol. The summed E-state index contributed by atoms with van der Waals surface area (Å²) in [6.07, 6.45) is 0. The predicted molar refractivity (Wildman–Crippen MR) is 107 cm³/mol. The molecule has 1 aliphatic heterocycles. The molecule has 0 radical (unpaired) electrons. The van der Waals surface area contributed by atoms with Gasteiger partial charge in [-0.3, -0.25) is 4.79 Å². The van der Waals surface area contributed by atoms with E-state index in [1.165, 1.54) is 10.4 Å². The van der Waals surface area contributed by atoms with Crippen LogP contribution < -0.4 is 14.8 Å². The predicted octanol–water partition coefficient (Wildman–Crippen LogP) is 3.05. The second kappa shape index (κ2) is 8.20. The molecule has 3 rings (SSSR count). The van der Waals surface area contributed by atoms with Crippen LogP contribution in [0.5, 0.6) is 11.5 Å². The van der Waals surface area contributed by atoms with Crippen molar-refractivity contribution < 1.29 is 22.7 Å². The van der Waals surface area contributed by atoms with Crippen LogP contribution in [0.3, 0.4) is 0 Å². The maximum Gasteiger partial charge on any atom is 0.255 e. The number of aryl methyl sites for hydroxylation is 1. The maximum atomic E-state index is 12.9. The Morgan fingerprint density at radius 1 is 1.04 bits per heavy atom. The fourth-order valence-electron chi connectivity index (χ4n) is 3.05. The molecular formula is C20H24N2O5S. The Hall–Kier alpha value is -2.58. The fourth-order valence-corrected chi connectivity index (χ4v) is 4.76. The van der Waals surface area contributed by atoms with Crippen LogP contribution in [-0.2, 0) is 10.0 Å². The summed E-state index contributed by atoms with van der Waals surface area (Å²) in [6.45, 7) is 7.00. The van der Waals surface area contributed by atoms with Gasteiger partial charge < -0.3 is 14.8 Å². The van der Waals surface area contributed by atoms with Gasteiger partial charge >= 0.3 is 0 Å². The van der Waals surface area contributed by atoms with E-state index in [2.05, 4.69) is 5.32 Å². The van der Waals surface area contributed by atoms with E-state index in [4.69, 9.17) is 9.47 Å². The Balaban J connectivity index is 1.86. The number of amides is 1. The molecule has 0 aromatic heterocycles. The summed E-state index contributed by atoms with van der Waals surface area (Å²) in [4.78, 5) is 12.8. The van der Waals surface area contributed by atoms with Crippen LogP contribution in [0, 0.1) is 6.92 Å². The molecule has 28 heavy (non-hydrogen) atoms. The number of benzene rings is 2. The number of rotatable bonds is 6. The van der Waals surface area contributed by atoms with Crippen LogP contribution in [0.2, 0.25) is 0 Å². The van der Waals surface area contributed by atoms with E-state index in [1.807, 2.05) is 0 Å². The fraction of sp³-hybridized carbons (Fsp3) is 0.350. The van der Waals surface area contributed by atoms with E-state index in [1.54, 1.807) is 51.1 Å². The molecule has 0 atom stereocenters. The van der Waals surface area contributed by atoms with E-state index in [0.29, 0.717) is 54.6 Å².